The number of thioether (sulfide) groups is 1. The number of ether oxygens (including phenoxy) is 1. The Morgan fingerprint density at radius 2 is 1.80 bits per heavy atom. The zero-order valence-electron chi connectivity index (χ0n) is 16.2. The number of carbonyl (C=O) groups is 1. The summed E-state index contributed by atoms with van der Waals surface area (Å²) in [5.74, 6) is -1.04. The predicted molar refractivity (Wildman–Crippen MR) is 99.5 cm³/mol. The Kier molecular flexibility index (Phi) is 6.93. The molecule has 0 saturated carbocycles. The Hall–Kier alpha value is -1.46. The second kappa shape index (κ2) is 8.96. The van der Waals surface area contributed by atoms with Crippen LogP contribution in [0.3, 0.4) is 0 Å². The molecule has 2 aliphatic heterocycles. The molecule has 0 bridgehead atoms. The monoisotopic (exact) mass is 456 g/mol. The van der Waals surface area contributed by atoms with Gasteiger partial charge in [0, 0.05) is 17.5 Å². The predicted octanol–water partition coefficient (Wildman–Crippen LogP) is 4.43. The molecule has 11 heteroatoms. The van der Waals surface area contributed by atoms with E-state index in [2.05, 4.69) is 10.2 Å². The summed E-state index contributed by atoms with van der Waals surface area (Å²) in [5.41, 5.74) is -3.81. The molecule has 3 rings (SSSR count). The third kappa shape index (κ3) is 5.05. The quantitative estimate of drug-likeness (QED) is 0.538. The van der Waals surface area contributed by atoms with Gasteiger partial charge in [-0.05, 0) is 50.7 Å². The average Bonchev–Trinajstić information content (AvgIpc) is 3.20. The van der Waals surface area contributed by atoms with Crippen LogP contribution in [0, 0.1) is 0 Å². The molecule has 0 radical (unpaired) electrons. The van der Waals surface area contributed by atoms with Crippen LogP contribution in [0.4, 0.5) is 26.3 Å². The number of nitrogens with zero attached hydrogens (tertiary/aromatic N) is 1. The summed E-state index contributed by atoms with van der Waals surface area (Å²) < 4.78 is 85.5. The molecule has 0 aromatic heterocycles. The SMILES string of the molecule is CSc1cc(C(F)(F)F)cc(C(F)(F)F)c1C(=O)N[C@@H]1COCCC1N1CCCC1. The van der Waals surface area contributed by atoms with Crippen molar-refractivity contribution in [2.24, 2.45) is 0 Å². The zero-order valence-corrected chi connectivity index (χ0v) is 17.0. The van der Waals surface area contributed by atoms with Crippen LogP contribution in [-0.4, -0.2) is 55.4 Å². The normalized spacial score (nSPS) is 23.6. The van der Waals surface area contributed by atoms with Crippen molar-refractivity contribution in [3.8, 4) is 0 Å². The van der Waals surface area contributed by atoms with Crippen LogP contribution in [0.2, 0.25) is 0 Å². The molecule has 2 fully saturated rings. The fraction of sp³-hybridized carbons (Fsp3) is 0.632. The number of hydrogen-bond acceptors (Lipinski definition) is 4. The van der Waals surface area contributed by atoms with E-state index in [1.165, 1.54) is 6.26 Å². The van der Waals surface area contributed by atoms with Crippen LogP contribution in [0.25, 0.3) is 0 Å². The van der Waals surface area contributed by atoms with Crippen molar-refractivity contribution in [2.45, 2.75) is 48.6 Å². The van der Waals surface area contributed by atoms with E-state index in [9.17, 15) is 31.1 Å². The van der Waals surface area contributed by atoms with E-state index in [0.29, 0.717) is 30.9 Å². The number of halogens is 6. The molecule has 2 atom stereocenters. The molecule has 4 nitrogen and oxygen atoms in total. The molecule has 2 saturated heterocycles. The van der Waals surface area contributed by atoms with Crippen molar-refractivity contribution in [2.75, 3.05) is 32.6 Å². The maximum Gasteiger partial charge on any atom is 0.417 e. The summed E-state index contributed by atoms with van der Waals surface area (Å²) in [6.07, 6.45) is -6.10. The number of benzene rings is 1. The van der Waals surface area contributed by atoms with Gasteiger partial charge < -0.3 is 10.1 Å². The third-order valence-corrected chi connectivity index (χ3v) is 6.19. The fourth-order valence-electron chi connectivity index (χ4n) is 4.01. The van der Waals surface area contributed by atoms with Gasteiger partial charge in [0.2, 0.25) is 0 Å². The fourth-order valence-corrected chi connectivity index (χ4v) is 4.66. The second-order valence-electron chi connectivity index (χ2n) is 7.35. The highest BCUT2D eigenvalue weighted by Crippen LogP contribution is 2.41. The molecule has 0 aliphatic carbocycles. The molecule has 1 unspecified atom stereocenters. The summed E-state index contributed by atoms with van der Waals surface area (Å²) in [6, 6.07) is -0.0252. The van der Waals surface area contributed by atoms with Crippen LogP contribution in [-0.2, 0) is 17.1 Å². The van der Waals surface area contributed by atoms with Gasteiger partial charge in [0.05, 0.1) is 29.3 Å². The Morgan fingerprint density at radius 1 is 1.13 bits per heavy atom. The molecule has 1 aromatic rings. The van der Waals surface area contributed by atoms with E-state index < -0.39 is 41.0 Å². The van der Waals surface area contributed by atoms with Gasteiger partial charge in [0.15, 0.2) is 0 Å². The van der Waals surface area contributed by atoms with E-state index in [0.717, 1.165) is 25.9 Å². The molecule has 0 spiro atoms. The topological polar surface area (TPSA) is 41.6 Å². The van der Waals surface area contributed by atoms with E-state index in [1.807, 2.05) is 0 Å². The number of likely N-dealkylation sites (tertiary alicyclic amines) is 1. The van der Waals surface area contributed by atoms with Gasteiger partial charge in [-0.15, -0.1) is 11.8 Å². The highest BCUT2D eigenvalue weighted by Gasteiger charge is 2.42. The molecule has 2 heterocycles. The zero-order chi connectivity index (χ0) is 22.1. The lowest BCUT2D eigenvalue weighted by Gasteiger charge is -2.38. The molecule has 30 heavy (non-hydrogen) atoms. The molecule has 1 N–H and O–H groups in total. The van der Waals surface area contributed by atoms with Crippen LogP contribution in [0.5, 0.6) is 0 Å². The lowest BCUT2D eigenvalue weighted by atomic mass is 9.99. The van der Waals surface area contributed by atoms with Crippen molar-refractivity contribution in [3.05, 3.63) is 28.8 Å². The minimum absolute atomic E-state index is 0.00393. The Morgan fingerprint density at radius 3 is 2.37 bits per heavy atom. The van der Waals surface area contributed by atoms with E-state index in [1.54, 1.807) is 0 Å². The summed E-state index contributed by atoms with van der Waals surface area (Å²) in [6.45, 7) is 2.30. The van der Waals surface area contributed by atoms with Crippen LogP contribution in [0.15, 0.2) is 17.0 Å². The molecule has 1 aromatic carbocycles. The highest BCUT2D eigenvalue weighted by atomic mass is 32.2. The Labute approximate surface area is 174 Å². The lowest BCUT2D eigenvalue weighted by molar-refractivity contribution is -0.143. The summed E-state index contributed by atoms with van der Waals surface area (Å²) >= 11 is 0.670. The first-order chi connectivity index (χ1) is 14.0. The number of amides is 1. The minimum atomic E-state index is -5.12. The maximum atomic E-state index is 13.6. The first-order valence-corrected chi connectivity index (χ1v) is 10.7. The van der Waals surface area contributed by atoms with Gasteiger partial charge >= 0.3 is 12.4 Å². The summed E-state index contributed by atoms with van der Waals surface area (Å²) in [5, 5.41) is 2.61. The molecule has 2 aliphatic rings. The standard InChI is InChI=1S/C19H22F6N2O2S/c1-30-15-9-11(18(20,21)22)8-12(19(23,24)25)16(15)17(28)26-13-10-29-7-4-14(13)27-5-2-3-6-27/h8-9,13-14H,2-7,10H2,1H3,(H,26,28)/t13-,14?/m1/s1. The number of rotatable bonds is 4. The first-order valence-electron chi connectivity index (χ1n) is 9.51. The summed E-state index contributed by atoms with van der Waals surface area (Å²) in [7, 11) is 0. The van der Waals surface area contributed by atoms with E-state index in [4.69, 9.17) is 4.74 Å². The van der Waals surface area contributed by atoms with E-state index in [-0.39, 0.29) is 23.6 Å². The molecule has 1 amide bonds. The third-order valence-electron chi connectivity index (χ3n) is 5.43. The molecular formula is C19H22F6N2O2S. The smallest absolute Gasteiger partial charge is 0.379 e. The average molecular weight is 456 g/mol. The Balaban J connectivity index is 1.95. The van der Waals surface area contributed by atoms with Crippen molar-refractivity contribution < 1.29 is 35.9 Å². The van der Waals surface area contributed by atoms with Gasteiger partial charge in [-0.1, -0.05) is 0 Å². The molecular weight excluding hydrogens is 434 g/mol. The van der Waals surface area contributed by atoms with Gasteiger partial charge in [0.1, 0.15) is 0 Å². The van der Waals surface area contributed by atoms with Crippen molar-refractivity contribution in [1.29, 1.82) is 0 Å². The summed E-state index contributed by atoms with van der Waals surface area (Å²) in [4.78, 5) is 14.7. The van der Waals surface area contributed by atoms with Crippen molar-refractivity contribution >= 4 is 17.7 Å². The van der Waals surface area contributed by atoms with Gasteiger partial charge in [-0.2, -0.15) is 26.3 Å². The van der Waals surface area contributed by atoms with Crippen molar-refractivity contribution in [3.63, 3.8) is 0 Å². The number of alkyl halides is 6. The maximum absolute atomic E-state index is 13.6. The van der Waals surface area contributed by atoms with Crippen LogP contribution < -0.4 is 5.32 Å². The van der Waals surface area contributed by atoms with Crippen LogP contribution >= 0.6 is 11.8 Å². The Bertz CT molecular complexity index is 778. The number of nitrogens with one attached hydrogen (secondary N) is 1. The van der Waals surface area contributed by atoms with E-state index >= 15 is 0 Å². The lowest BCUT2D eigenvalue weighted by Crippen LogP contribution is -2.56. The van der Waals surface area contributed by atoms with Crippen LogP contribution in [0.1, 0.15) is 40.7 Å². The largest absolute Gasteiger partial charge is 0.417 e. The number of hydrogen-bond donors (Lipinski definition) is 1. The van der Waals surface area contributed by atoms with Gasteiger partial charge in [-0.25, -0.2) is 0 Å². The molecule has 168 valence electrons. The number of carbonyl (C=O) groups excluding carboxylic acids is 1. The highest BCUT2D eigenvalue weighted by molar-refractivity contribution is 7.98. The van der Waals surface area contributed by atoms with Crippen molar-refractivity contribution in [1.82, 2.24) is 10.2 Å². The van der Waals surface area contributed by atoms with Gasteiger partial charge in [0.25, 0.3) is 5.91 Å². The minimum Gasteiger partial charge on any atom is -0.379 e. The first kappa shape index (κ1) is 23.2. The van der Waals surface area contributed by atoms with Gasteiger partial charge in [-0.3, -0.25) is 9.69 Å². The second-order valence-corrected chi connectivity index (χ2v) is 8.20.